The molecule has 1 atom stereocenters. The second kappa shape index (κ2) is 8.16. The average molecular weight is 393 g/mol. The number of nitrogens with zero attached hydrogens (tertiary/aromatic N) is 6. The van der Waals surface area contributed by atoms with Gasteiger partial charge in [0.1, 0.15) is 5.82 Å². The van der Waals surface area contributed by atoms with Gasteiger partial charge in [0, 0.05) is 31.7 Å². The van der Waals surface area contributed by atoms with Gasteiger partial charge in [0.15, 0.2) is 11.5 Å². The predicted octanol–water partition coefficient (Wildman–Crippen LogP) is 1.60. The third kappa shape index (κ3) is 4.22. The molecule has 1 fully saturated rings. The van der Waals surface area contributed by atoms with Gasteiger partial charge in [-0.25, -0.2) is 0 Å². The zero-order chi connectivity index (χ0) is 20.4. The van der Waals surface area contributed by atoms with Crippen LogP contribution in [0.2, 0.25) is 0 Å². The Morgan fingerprint density at radius 1 is 1.17 bits per heavy atom. The third-order valence-corrected chi connectivity index (χ3v) is 5.30. The molecule has 2 aromatic heterocycles. The molecule has 0 bridgehead atoms. The van der Waals surface area contributed by atoms with Crippen LogP contribution in [0.15, 0.2) is 36.4 Å². The molecule has 1 unspecified atom stereocenters. The Morgan fingerprint density at radius 3 is 2.72 bits per heavy atom. The van der Waals surface area contributed by atoms with Gasteiger partial charge in [0.2, 0.25) is 5.91 Å². The molecule has 0 aliphatic carbocycles. The number of nitrogens with one attached hydrogen (secondary N) is 1. The molecule has 152 valence electrons. The minimum absolute atomic E-state index is 0.00728. The summed E-state index contributed by atoms with van der Waals surface area (Å²) >= 11 is 0. The summed E-state index contributed by atoms with van der Waals surface area (Å²) in [7, 11) is 4.00. The van der Waals surface area contributed by atoms with Crippen LogP contribution in [-0.2, 0) is 4.79 Å². The van der Waals surface area contributed by atoms with Crippen molar-refractivity contribution in [2.45, 2.75) is 13.3 Å². The first kappa shape index (κ1) is 19.3. The highest BCUT2D eigenvalue weighted by Crippen LogP contribution is 2.24. The Labute approximate surface area is 170 Å². The number of benzene rings is 1. The van der Waals surface area contributed by atoms with E-state index in [1.807, 2.05) is 38.4 Å². The van der Waals surface area contributed by atoms with Gasteiger partial charge >= 0.3 is 0 Å². The fourth-order valence-corrected chi connectivity index (χ4v) is 3.56. The zero-order valence-corrected chi connectivity index (χ0v) is 17.2. The van der Waals surface area contributed by atoms with Crippen LogP contribution in [-0.4, -0.2) is 70.9 Å². The molecular weight excluding hydrogens is 366 g/mol. The monoisotopic (exact) mass is 393 g/mol. The Kier molecular flexibility index (Phi) is 5.44. The third-order valence-electron chi connectivity index (χ3n) is 5.30. The highest BCUT2D eigenvalue weighted by atomic mass is 16.1. The highest BCUT2D eigenvalue weighted by molar-refractivity contribution is 5.80. The zero-order valence-electron chi connectivity index (χ0n) is 17.2. The number of amides is 1. The second-order valence-electron chi connectivity index (χ2n) is 7.88. The first-order chi connectivity index (χ1) is 14.0. The maximum absolute atomic E-state index is 12.4. The predicted molar refractivity (Wildman–Crippen MR) is 113 cm³/mol. The van der Waals surface area contributed by atoms with Crippen molar-refractivity contribution in [1.29, 1.82) is 0 Å². The molecule has 1 aliphatic rings. The molecule has 3 aromatic rings. The molecule has 8 heteroatoms. The van der Waals surface area contributed by atoms with E-state index in [2.05, 4.69) is 44.4 Å². The molecule has 4 rings (SSSR count). The lowest BCUT2D eigenvalue weighted by molar-refractivity contribution is -0.124. The van der Waals surface area contributed by atoms with E-state index >= 15 is 0 Å². The first-order valence-electron chi connectivity index (χ1n) is 9.98. The Bertz CT molecular complexity index is 996. The fraction of sp³-hybridized carbons (Fsp3) is 0.429. The minimum Gasteiger partial charge on any atom is -0.355 e. The van der Waals surface area contributed by atoms with Crippen molar-refractivity contribution in [3.63, 3.8) is 0 Å². The van der Waals surface area contributed by atoms with Crippen LogP contribution in [0.1, 0.15) is 12.0 Å². The molecule has 1 N–H and O–H groups in total. The summed E-state index contributed by atoms with van der Waals surface area (Å²) in [5.41, 5.74) is 2.89. The van der Waals surface area contributed by atoms with E-state index in [1.165, 1.54) is 5.56 Å². The van der Waals surface area contributed by atoms with E-state index in [4.69, 9.17) is 5.10 Å². The van der Waals surface area contributed by atoms with Gasteiger partial charge in [-0.15, -0.1) is 15.3 Å². The number of aromatic nitrogens is 4. The number of rotatable bonds is 6. The van der Waals surface area contributed by atoms with Crippen LogP contribution in [0.5, 0.6) is 0 Å². The van der Waals surface area contributed by atoms with Crippen molar-refractivity contribution in [2.24, 2.45) is 5.92 Å². The van der Waals surface area contributed by atoms with E-state index in [1.54, 1.807) is 4.52 Å². The van der Waals surface area contributed by atoms with Crippen LogP contribution in [0.4, 0.5) is 5.82 Å². The van der Waals surface area contributed by atoms with E-state index in [9.17, 15) is 4.79 Å². The Hall–Kier alpha value is -3.00. The number of aryl methyl sites for hydroxylation is 1. The second-order valence-corrected chi connectivity index (χ2v) is 7.88. The van der Waals surface area contributed by atoms with Gasteiger partial charge in [0.05, 0.1) is 5.92 Å². The van der Waals surface area contributed by atoms with Crippen molar-refractivity contribution >= 4 is 17.4 Å². The lowest BCUT2D eigenvalue weighted by Crippen LogP contribution is -2.36. The number of fused-ring (bicyclic) bond motifs is 1. The molecule has 0 spiro atoms. The summed E-state index contributed by atoms with van der Waals surface area (Å²) in [6.45, 7) is 5.06. The van der Waals surface area contributed by atoms with Crippen LogP contribution >= 0.6 is 0 Å². The summed E-state index contributed by atoms with van der Waals surface area (Å²) in [5.74, 6) is 1.68. The van der Waals surface area contributed by atoms with Gasteiger partial charge in [-0.2, -0.15) is 4.52 Å². The smallest absolute Gasteiger partial charge is 0.225 e. The maximum atomic E-state index is 12.4. The van der Waals surface area contributed by atoms with Crippen molar-refractivity contribution < 1.29 is 4.79 Å². The van der Waals surface area contributed by atoms with E-state index < -0.39 is 0 Å². The van der Waals surface area contributed by atoms with Crippen molar-refractivity contribution in [3.05, 3.63) is 42.0 Å². The largest absolute Gasteiger partial charge is 0.355 e. The first-order valence-corrected chi connectivity index (χ1v) is 9.98. The number of likely N-dealkylation sites (N-methyl/N-ethyl adjacent to an activating group) is 1. The number of carbonyl (C=O) groups excluding carboxylic acids is 1. The number of hydrogen-bond donors (Lipinski definition) is 1. The van der Waals surface area contributed by atoms with Gasteiger partial charge < -0.3 is 15.1 Å². The molecule has 29 heavy (non-hydrogen) atoms. The molecule has 8 nitrogen and oxygen atoms in total. The molecule has 1 saturated heterocycles. The number of carbonyl (C=O) groups is 1. The Morgan fingerprint density at radius 2 is 1.97 bits per heavy atom. The molecule has 1 amide bonds. The van der Waals surface area contributed by atoms with Gasteiger partial charge in [0.25, 0.3) is 0 Å². The molecule has 1 aromatic carbocycles. The average Bonchev–Trinajstić information content (AvgIpc) is 3.35. The molecule has 1 aliphatic heterocycles. The molecular formula is C21H27N7O. The molecule has 0 saturated carbocycles. The summed E-state index contributed by atoms with van der Waals surface area (Å²) in [6.07, 6.45) is 0.834. The standard InChI is InChI=1S/C21H27N7O/c1-15-4-6-16(7-5-15)20-24-23-18-8-9-19(25-28(18)20)27-12-10-17(14-27)21(29)22-11-13-26(2)3/h4-9,17H,10-14H2,1-3H3,(H,22,29). The quantitative estimate of drug-likeness (QED) is 0.685. The van der Waals surface area contributed by atoms with Crippen LogP contribution in [0.25, 0.3) is 17.0 Å². The Balaban J connectivity index is 1.49. The number of anilines is 1. The van der Waals surface area contributed by atoms with Crippen molar-refractivity contribution in [3.8, 4) is 11.4 Å². The summed E-state index contributed by atoms with van der Waals surface area (Å²) in [5, 5.41) is 16.4. The van der Waals surface area contributed by atoms with Gasteiger partial charge in [-0.3, -0.25) is 4.79 Å². The summed E-state index contributed by atoms with van der Waals surface area (Å²) < 4.78 is 1.78. The fourth-order valence-electron chi connectivity index (χ4n) is 3.56. The van der Waals surface area contributed by atoms with Crippen LogP contribution in [0, 0.1) is 12.8 Å². The van der Waals surface area contributed by atoms with Gasteiger partial charge in [-0.05, 0) is 39.6 Å². The minimum atomic E-state index is -0.00728. The summed E-state index contributed by atoms with van der Waals surface area (Å²) in [4.78, 5) is 16.7. The summed E-state index contributed by atoms with van der Waals surface area (Å²) in [6, 6.07) is 12.1. The maximum Gasteiger partial charge on any atom is 0.225 e. The highest BCUT2D eigenvalue weighted by Gasteiger charge is 2.29. The van der Waals surface area contributed by atoms with Crippen LogP contribution < -0.4 is 10.2 Å². The molecule has 3 heterocycles. The van der Waals surface area contributed by atoms with E-state index in [-0.39, 0.29) is 11.8 Å². The normalized spacial score (nSPS) is 16.7. The molecule has 0 radical (unpaired) electrons. The lowest BCUT2D eigenvalue weighted by atomic mass is 10.1. The van der Waals surface area contributed by atoms with Crippen LogP contribution in [0.3, 0.4) is 0 Å². The topological polar surface area (TPSA) is 78.7 Å². The van der Waals surface area contributed by atoms with Crippen molar-refractivity contribution in [1.82, 2.24) is 30.0 Å². The van der Waals surface area contributed by atoms with Crippen molar-refractivity contribution in [2.75, 3.05) is 45.2 Å². The lowest BCUT2D eigenvalue weighted by Gasteiger charge is -2.18. The van der Waals surface area contributed by atoms with E-state index in [0.29, 0.717) is 18.7 Å². The van der Waals surface area contributed by atoms with Gasteiger partial charge in [-0.1, -0.05) is 29.8 Å². The number of hydrogen-bond acceptors (Lipinski definition) is 6. The van der Waals surface area contributed by atoms with E-state index in [0.717, 1.165) is 36.7 Å². The SMILES string of the molecule is Cc1ccc(-c2nnc3ccc(N4CCC(C(=O)NCCN(C)C)C4)nn23)cc1.